The zero-order valence-electron chi connectivity index (χ0n) is 35.0. The predicted molar refractivity (Wildman–Crippen MR) is 265 cm³/mol. The van der Waals surface area contributed by atoms with Crippen LogP contribution < -0.4 is 0 Å². The van der Waals surface area contributed by atoms with Crippen molar-refractivity contribution in [2.75, 3.05) is 0 Å². The number of rotatable bonds is 7. The Morgan fingerprint density at radius 2 is 1.08 bits per heavy atom. The minimum atomic E-state index is 0.753. The van der Waals surface area contributed by atoms with Crippen molar-refractivity contribution in [2.45, 2.75) is 20.8 Å². The van der Waals surface area contributed by atoms with E-state index in [1.54, 1.807) is 6.08 Å². The van der Waals surface area contributed by atoms with Crippen molar-refractivity contribution in [1.29, 1.82) is 0 Å². The van der Waals surface area contributed by atoms with Crippen LogP contribution in [-0.4, -0.2) is 14.5 Å². The molecule has 3 nitrogen and oxygen atoms in total. The lowest BCUT2D eigenvalue weighted by molar-refractivity contribution is 1.16. The van der Waals surface area contributed by atoms with Gasteiger partial charge in [-0.05, 0) is 135 Å². The molecule has 2 aromatic heterocycles. The molecule has 0 fully saturated rings. The molecule has 0 aliphatic carbocycles. The van der Waals surface area contributed by atoms with Gasteiger partial charge in [-0.3, -0.25) is 0 Å². The summed E-state index contributed by atoms with van der Waals surface area (Å²) in [5.41, 5.74) is 16.2. The summed E-state index contributed by atoms with van der Waals surface area (Å²) in [6, 6.07) is 63.8. The molecule has 0 unspecified atom stereocenters. The van der Waals surface area contributed by atoms with E-state index in [-0.39, 0.29) is 0 Å². The highest BCUT2D eigenvalue weighted by Gasteiger charge is 2.23. The maximum atomic E-state index is 5.30. The van der Waals surface area contributed by atoms with Gasteiger partial charge in [0.05, 0.1) is 33.8 Å². The summed E-state index contributed by atoms with van der Waals surface area (Å²) in [6.45, 7) is 10.7. The number of nitrogens with zero attached hydrogens (tertiary/aromatic N) is 3. The van der Waals surface area contributed by atoms with Crippen molar-refractivity contribution in [3.63, 3.8) is 0 Å². The van der Waals surface area contributed by atoms with E-state index in [0.29, 0.717) is 0 Å². The number of aryl methyl sites for hydroxylation is 2. The van der Waals surface area contributed by atoms with Gasteiger partial charge in [-0.2, -0.15) is 0 Å². The standard InChI is InChI=1S/C59H43N3/c1-5-16-53-52(6-2)60-58(46-28-27-44-34-43(25-26-45(44)35-46)39-17-8-7-9-18-39)57(61-53)40-29-31-47(32-30-40)62-54-24-15-14-23-50(54)56-49-22-13-12-21-48(49)55(38(4)59(56)62)51-36-42-20-11-10-19-41(42)33-37(51)3/h5-36H,2H2,1,3-4H3/b16-5-. The maximum Gasteiger partial charge on any atom is 0.0973 e. The fourth-order valence-electron chi connectivity index (χ4n) is 9.61. The van der Waals surface area contributed by atoms with Gasteiger partial charge in [-0.15, -0.1) is 0 Å². The van der Waals surface area contributed by atoms with Crippen LogP contribution in [0.3, 0.4) is 0 Å². The number of allylic oxidation sites excluding steroid dienone is 1. The third kappa shape index (κ3) is 6.04. The van der Waals surface area contributed by atoms with Gasteiger partial charge in [0, 0.05) is 27.6 Å². The molecule has 11 rings (SSSR count). The van der Waals surface area contributed by atoms with Crippen molar-refractivity contribution < 1.29 is 0 Å². The average Bonchev–Trinajstić information content (AvgIpc) is 3.67. The molecule has 9 aromatic carbocycles. The first-order chi connectivity index (χ1) is 30.5. The van der Waals surface area contributed by atoms with Gasteiger partial charge in [0.2, 0.25) is 0 Å². The van der Waals surface area contributed by atoms with Crippen LogP contribution in [0.15, 0.2) is 189 Å². The van der Waals surface area contributed by atoms with E-state index >= 15 is 0 Å². The van der Waals surface area contributed by atoms with Gasteiger partial charge in [0.1, 0.15) is 0 Å². The van der Waals surface area contributed by atoms with E-state index in [0.717, 1.165) is 45.0 Å². The van der Waals surface area contributed by atoms with Gasteiger partial charge >= 0.3 is 0 Å². The highest BCUT2D eigenvalue weighted by Crippen LogP contribution is 2.46. The van der Waals surface area contributed by atoms with Crippen molar-refractivity contribution >= 4 is 66.3 Å². The van der Waals surface area contributed by atoms with Crippen molar-refractivity contribution in [1.82, 2.24) is 14.5 Å². The Hall–Kier alpha value is -7.88. The first-order valence-electron chi connectivity index (χ1n) is 21.3. The lowest BCUT2D eigenvalue weighted by Crippen LogP contribution is -2.01. The first kappa shape index (κ1) is 37.1. The zero-order valence-corrected chi connectivity index (χ0v) is 35.0. The van der Waals surface area contributed by atoms with Crippen LogP contribution >= 0.6 is 0 Å². The van der Waals surface area contributed by atoms with Gasteiger partial charge in [-0.25, -0.2) is 9.97 Å². The van der Waals surface area contributed by atoms with Crippen LogP contribution in [0, 0.1) is 13.8 Å². The van der Waals surface area contributed by atoms with E-state index < -0.39 is 0 Å². The molecule has 0 atom stereocenters. The van der Waals surface area contributed by atoms with Crippen molar-refractivity contribution in [2.24, 2.45) is 0 Å². The minimum Gasteiger partial charge on any atom is -0.309 e. The fraction of sp³-hybridized carbons (Fsp3) is 0.0508. The SMILES string of the molecule is C=Cc1nc(-c2ccc3cc(-c4ccccc4)ccc3c2)c(-c2ccc(-n3c4ccccc4c4c5ccccc5c(-c5cc6ccccc6cc5C)c(C)c43)cc2)nc1/C=C\C. The molecular weight excluding hydrogens is 751 g/mol. The van der Waals surface area contributed by atoms with E-state index in [2.05, 4.69) is 201 Å². The van der Waals surface area contributed by atoms with Crippen LogP contribution in [-0.2, 0) is 0 Å². The van der Waals surface area contributed by atoms with Crippen LogP contribution in [0.25, 0.3) is 117 Å². The molecule has 0 saturated heterocycles. The summed E-state index contributed by atoms with van der Waals surface area (Å²) in [7, 11) is 0. The fourth-order valence-corrected chi connectivity index (χ4v) is 9.61. The Kier molecular flexibility index (Phi) is 8.98. The van der Waals surface area contributed by atoms with E-state index in [1.807, 2.05) is 19.1 Å². The lowest BCUT2D eigenvalue weighted by Gasteiger charge is -2.18. The van der Waals surface area contributed by atoms with E-state index in [9.17, 15) is 0 Å². The monoisotopic (exact) mass is 793 g/mol. The summed E-state index contributed by atoms with van der Waals surface area (Å²) in [4.78, 5) is 10.6. The first-order valence-corrected chi connectivity index (χ1v) is 21.3. The second-order valence-corrected chi connectivity index (χ2v) is 16.2. The molecule has 2 heterocycles. The summed E-state index contributed by atoms with van der Waals surface area (Å²) in [6.07, 6.45) is 5.82. The number of fused-ring (bicyclic) bond motifs is 7. The molecule has 0 spiro atoms. The molecule has 11 aromatic rings. The molecule has 0 aliphatic rings. The number of benzene rings is 9. The second kappa shape index (κ2) is 15.0. The largest absolute Gasteiger partial charge is 0.309 e. The molecule has 0 bridgehead atoms. The quantitative estimate of drug-likeness (QED) is 0.161. The van der Waals surface area contributed by atoms with Gasteiger partial charge in [-0.1, -0.05) is 152 Å². The Bertz CT molecular complexity index is 3610. The Labute approximate surface area is 361 Å². The van der Waals surface area contributed by atoms with E-state index in [4.69, 9.17) is 9.97 Å². The molecule has 0 radical (unpaired) electrons. The third-order valence-electron chi connectivity index (χ3n) is 12.5. The smallest absolute Gasteiger partial charge is 0.0973 e. The average molecular weight is 794 g/mol. The lowest BCUT2D eigenvalue weighted by atomic mass is 9.87. The summed E-state index contributed by atoms with van der Waals surface area (Å²) < 4.78 is 2.46. The number of hydrogen-bond acceptors (Lipinski definition) is 2. The van der Waals surface area contributed by atoms with Gasteiger partial charge < -0.3 is 4.57 Å². The highest BCUT2D eigenvalue weighted by molar-refractivity contribution is 6.26. The third-order valence-corrected chi connectivity index (χ3v) is 12.5. The molecule has 62 heavy (non-hydrogen) atoms. The number of para-hydroxylation sites is 1. The van der Waals surface area contributed by atoms with Crippen molar-refractivity contribution in [3.05, 3.63) is 211 Å². The van der Waals surface area contributed by atoms with Crippen LogP contribution in [0.4, 0.5) is 0 Å². The van der Waals surface area contributed by atoms with Gasteiger partial charge in [0.15, 0.2) is 0 Å². The minimum absolute atomic E-state index is 0.753. The molecule has 0 saturated carbocycles. The molecule has 3 heteroatoms. The summed E-state index contributed by atoms with van der Waals surface area (Å²) in [5, 5.41) is 9.87. The van der Waals surface area contributed by atoms with Crippen LogP contribution in [0.1, 0.15) is 29.4 Å². The van der Waals surface area contributed by atoms with Crippen LogP contribution in [0.5, 0.6) is 0 Å². The summed E-state index contributed by atoms with van der Waals surface area (Å²) in [5.74, 6) is 0. The Morgan fingerprint density at radius 1 is 0.500 bits per heavy atom. The molecular formula is C59H43N3. The molecule has 0 aliphatic heterocycles. The van der Waals surface area contributed by atoms with Crippen LogP contribution in [0.2, 0.25) is 0 Å². The molecule has 0 amide bonds. The van der Waals surface area contributed by atoms with Gasteiger partial charge in [0.25, 0.3) is 0 Å². The molecule has 0 N–H and O–H groups in total. The Morgan fingerprint density at radius 3 is 1.82 bits per heavy atom. The summed E-state index contributed by atoms with van der Waals surface area (Å²) >= 11 is 0. The number of aromatic nitrogens is 3. The number of hydrogen-bond donors (Lipinski definition) is 0. The topological polar surface area (TPSA) is 30.7 Å². The van der Waals surface area contributed by atoms with Crippen molar-refractivity contribution in [3.8, 4) is 50.5 Å². The van der Waals surface area contributed by atoms with E-state index in [1.165, 1.54) is 82.1 Å². The predicted octanol–water partition coefficient (Wildman–Crippen LogP) is 16.0. The zero-order chi connectivity index (χ0) is 41.9. The second-order valence-electron chi connectivity index (χ2n) is 16.2. The Balaban J connectivity index is 1.10. The highest BCUT2D eigenvalue weighted by atomic mass is 15.0. The maximum absolute atomic E-state index is 5.30. The normalized spacial score (nSPS) is 11.8. The molecule has 294 valence electrons.